The molecule has 1 aromatic rings. The quantitative estimate of drug-likeness (QED) is 0.186. The van der Waals surface area contributed by atoms with Crippen molar-refractivity contribution in [3.05, 3.63) is 46.3 Å². The Kier molecular flexibility index (Phi) is 5.79. The summed E-state index contributed by atoms with van der Waals surface area (Å²) in [5.74, 6) is -1.16. The van der Waals surface area contributed by atoms with Crippen molar-refractivity contribution in [2.45, 2.75) is 24.0 Å². The van der Waals surface area contributed by atoms with E-state index in [0.29, 0.717) is 0 Å². The largest absolute Gasteiger partial charge is 0.394 e. The van der Waals surface area contributed by atoms with E-state index in [-0.39, 0.29) is 5.56 Å². The molecule has 0 amide bonds. The molecule has 5 N–H and O–H groups in total. The van der Waals surface area contributed by atoms with Crippen molar-refractivity contribution in [3.8, 4) is 0 Å². The second kappa shape index (κ2) is 7.14. The first-order chi connectivity index (χ1) is 9.88. The predicted octanol–water partition coefficient (Wildman–Crippen LogP) is -1.06. The summed E-state index contributed by atoms with van der Waals surface area (Å²) in [6.07, 6.45) is -6.26. The third kappa shape index (κ3) is 3.56. The van der Waals surface area contributed by atoms with Crippen molar-refractivity contribution in [3.63, 3.8) is 0 Å². The molecule has 0 fully saturated rings. The van der Waals surface area contributed by atoms with Gasteiger partial charge in [0.25, 0.3) is 0 Å². The summed E-state index contributed by atoms with van der Waals surface area (Å²) in [7, 11) is 0. The molecule has 4 atom stereocenters. The van der Waals surface area contributed by atoms with Gasteiger partial charge < -0.3 is 25.5 Å². The van der Waals surface area contributed by atoms with Gasteiger partial charge in [-0.3, -0.25) is 4.79 Å². The number of aliphatic hydroxyl groups is 5. The van der Waals surface area contributed by atoms with E-state index in [1.165, 1.54) is 24.3 Å². The highest BCUT2D eigenvalue weighted by atomic mass is 16.4. The van der Waals surface area contributed by atoms with Crippen LogP contribution in [-0.4, -0.2) is 62.0 Å². The minimum absolute atomic E-state index is 0.0721. The number of hydrogen-bond donors (Lipinski definition) is 5. The van der Waals surface area contributed by atoms with Crippen LogP contribution >= 0.6 is 0 Å². The Hall–Kier alpha value is -2.00. The van der Waals surface area contributed by atoms with Crippen LogP contribution in [0.3, 0.4) is 0 Å². The zero-order chi connectivity index (χ0) is 16.0. The molecule has 0 heterocycles. The van der Waals surface area contributed by atoms with E-state index < -0.39 is 36.4 Å². The summed E-state index contributed by atoms with van der Waals surface area (Å²) in [5, 5.41) is 50.4. The maximum absolute atomic E-state index is 12.2. The number of azide groups is 1. The van der Waals surface area contributed by atoms with Crippen LogP contribution in [0.2, 0.25) is 0 Å². The van der Waals surface area contributed by atoms with E-state index >= 15 is 0 Å². The summed E-state index contributed by atoms with van der Waals surface area (Å²) in [6.45, 7) is -0.926. The van der Waals surface area contributed by atoms with Gasteiger partial charge in [0.2, 0.25) is 11.5 Å². The molecule has 1 rings (SSSR count). The van der Waals surface area contributed by atoms with Crippen molar-refractivity contribution in [2.75, 3.05) is 6.61 Å². The number of carbonyl (C=O) groups is 1. The first-order valence-corrected chi connectivity index (χ1v) is 5.92. The molecule has 0 bridgehead atoms. The van der Waals surface area contributed by atoms with Gasteiger partial charge in [-0.1, -0.05) is 30.3 Å². The number of ketones is 1. The zero-order valence-electron chi connectivity index (χ0n) is 10.8. The highest BCUT2D eigenvalue weighted by molar-refractivity contribution is 6.02. The summed E-state index contributed by atoms with van der Waals surface area (Å²) in [4.78, 5) is 14.5. The van der Waals surface area contributed by atoms with Crippen LogP contribution in [0.5, 0.6) is 0 Å². The molecule has 0 saturated carbocycles. The topological polar surface area (TPSA) is 167 Å². The summed E-state index contributed by atoms with van der Waals surface area (Å²) < 4.78 is 0. The lowest BCUT2D eigenvalue weighted by molar-refractivity contribution is -0.138. The third-order valence-corrected chi connectivity index (χ3v) is 2.88. The fourth-order valence-corrected chi connectivity index (χ4v) is 1.67. The van der Waals surface area contributed by atoms with E-state index in [0.717, 1.165) is 0 Å². The number of nitrogens with zero attached hydrogens (tertiary/aromatic N) is 3. The molecule has 21 heavy (non-hydrogen) atoms. The molecule has 0 aliphatic heterocycles. The van der Waals surface area contributed by atoms with Gasteiger partial charge in [0.1, 0.15) is 18.3 Å². The van der Waals surface area contributed by atoms with Crippen LogP contribution < -0.4 is 0 Å². The highest BCUT2D eigenvalue weighted by Crippen LogP contribution is 2.23. The van der Waals surface area contributed by atoms with E-state index in [1.807, 2.05) is 0 Å². The maximum Gasteiger partial charge on any atom is 0.235 e. The summed E-state index contributed by atoms with van der Waals surface area (Å²) >= 11 is 0. The molecule has 9 nitrogen and oxygen atoms in total. The Morgan fingerprint density at radius 1 is 1.29 bits per heavy atom. The SMILES string of the molecule is [N-]=[N+]=N[C@](O)(C(=O)c1ccccc1)[C@@H](O)[C@H](O)[C@H](O)CO. The molecule has 0 aromatic heterocycles. The van der Waals surface area contributed by atoms with Crippen molar-refractivity contribution in [1.29, 1.82) is 0 Å². The minimum atomic E-state index is -3.02. The predicted molar refractivity (Wildman–Crippen MR) is 70.0 cm³/mol. The van der Waals surface area contributed by atoms with E-state index in [9.17, 15) is 25.2 Å². The zero-order valence-corrected chi connectivity index (χ0v) is 10.8. The van der Waals surface area contributed by atoms with Gasteiger partial charge in [-0.2, -0.15) is 0 Å². The Balaban J connectivity index is 3.19. The lowest BCUT2D eigenvalue weighted by Crippen LogP contribution is -2.56. The van der Waals surface area contributed by atoms with Crippen LogP contribution in [-0.2, 0) is 0 Å². The van der Waals surface area contributed by atoms with Gasteiger partial charge in [0, 0.05) is 10.5 Å². The average Bonchev–Trinajstić information content (AvgIpc) is 2.52. The Morgan fingerprint density at radius 2 is 1.86 bits per heavy atom. The van der Waals surface area contributed by atoms with Crippen LogP contribution in [0.1, 0.15) is 10.4 Å². The fraction of sp³-hybridized carbons (Fsp3) is 0.417. The number of rotatable bonds is 7. The van der Waals surface area contributed by atoms with Crippen molar-refractivity contribution in [1.82, 2.24) is 0 Å². The van der Waals surface area contributed by atoms with Crippen LogP contribution in [0.25, 0.3) is 10.4 Å². The van der Waals surface area contributed by atoms with Crippen LogP contribution in [0.4, 0.5) is 0 Å². The van der Waals surface area contributed by atoms with Crippen molar-refractivity contribution in [2.24, 2.45) is 5.11 Å². The van der Waals surface area contributed by atoms with Crippen LogP contribution in [0, 0.1) is 0 Å². The van der Waals surface area contributed by atoms with Gasteiger partial charge in [0.15, 0.2) is 0 Å². The third-order valence-electron chi connectivity index (χ3n) is 2.88. The second-order valence-corrected chi connectivity index (χ2v) is 4.30. The lowest BCUT2D eigenvalue weighted by Gasteiger charge is -2.31. The van der Waals surface area contributed by atoms with Gasteiger partial charge in [-0.15, -0.1) is 0 Å². The molecule has 0 unspecified atom stereocenters. The molecule has 0 aliphatic rings. The normalized spacial score (nSPS) is 18.0. The molecule has 0 aliphatic carbocycles. The number of carbonyl (C=O) groups excluding carboxylic acids is 1. The first kappa shape index (κ1) is 17.1. The van der Waals surface area contributed by atoms with E-state index in [2.05, 4.69) is 10.0 Å². The Morgan fingerprint density at radius 3 is 2.33 bits per heavy atom. The molecule has 0 spiro atoms. The lowest BCUT2D eigenvalue weighted by atomic mass is 9.91. The van der Waals surface area contributed by atoms with Crippen molar-refractivity contribution >= 4 is 5.78 Å². The van der Waals surface area contributed by atoms with E-state index in [1.54, 1.807) is 6.07 Å². The fourth-order valence-electron chi connectivity index (χ4n) is 1.67. The van der Waals surface area contributed by atoms with Crippen LogP contribution in [0.15, 0.2) is 35.4 Å². The standard InChI is InChI=1S/C12H15N3O6/c13-15-14-12(21,11(20)9(18)8(17)6-16)10(19)7-4-2-1-3-5-7/h1-5,8-9,11,16-18,20-21H,6H2/t8-,9-,11+,12+/m1/s1. The maximum atomic E-state index is 12.2. The highest BCUT2D eigenvalue weighted by Gasteiger charge is 2.48. The first-order valence-electron chi connectivity index (χ1n) is 5.92. The number of aliphatic hydroxyl groups excluding tert-OH is 4. The number of Topliss-reactive ketones (excluding diaryl/α,β-unsaturated/α-hetero) is 1. The molecule has 0 radical (unpaired) electrons. The summed E-state index contributed by atoms with van der Waals surface area (Å²) in [6, 6.07) is 7.18. The minimum Gasteiger partial charge on any atom is -0.394 e. The Labute approximate surface area is 119 Å². The molecule has 114 valence electrons. The molecule has 0 saturated heterocycles. The van der Waals surface area contributed by atoms with E-state index in [4.69, 9.17) is 10.6 Å². The molecular weight excluding hydrogens is 282 g/mol. The summed E-state index contributed by atoms with van der Waals surface area (Å²) in [5.41, 5.74) is 5.37. The van der Waals surface area contributed by atoms with Gasteiger partial charge in [0.05, 0.1) is 6.61 Å². The number of benzene rings is 1. The Bertz CT molecular complexity index is 533. The molecular formula is C12H15N3O6. The average molecular weight is 297 g/mol. The molecule has 9 heteroatoms. The monoisotopic (exact) mass is 297 g/mol. The number of hydrogen-bond acceptors (Lipinski definition) is 7. The smallest absolute Gasteiger partial charge is 0.235 e. The second-order valence-electron chi connectivity index (χ2n) is 4.30. The van der Waals surface area contributed by atoms with Crippen molar-refractivity contribution < 1.29 is 30.3 Å². The van der Waals surface area contributed by atoms with Gasteiger partial charge in [-0.05, 0) is 10.6 Å². The van der Waals surface area contributed by atoms with Gasteiger partial charge >= 0.3 is 0 Å². The molecule has 1 aromatic carbocycles. The van der Waals surface area contributed by atoms with Gasteiger partial charge in [-0.25, -0.2) is 0 Å².